The van der Waals surface area contributed by atoms with Gasteiger partial charge in [0.1, 0.15) is 0 Å². The smallest absolute Gasteiger partial charge is 0.346 e. The molecule has 104 valence electrons. The summed E-state index contributed by atoms with van der Waals surface area (Å²) in [5.74, 6) is 2.15. The summed E-state index contributed by atoms with van der Waals surface area (Å²) in [5, 5.41) is 1.89. The van der Waals surface area contributed by atoms with Gasteiger partial charge in [0.05, 0.1) is 0 Å². The number of thioether (sulfide) groups is 2. The van der Waals surface area contributed by atoms with Gasteiger partial charge in [-0.1, -0.05) is 60.7 Å². The van der Waals surface area contributed by atoms with Crippen molar-refractivity contribution in [2.24, 2.45) is 0 Å². The van der Waals surface area contributed by atoms with Crippen molar-refractivity contribution >= 4 is 41.3 Å². The van der Waals surface area contributed by atoms with E-state index in [1.165, 1.54) is 6.42 Å². The minimum atomic E-state index is -2.66. The van der Waals surface area contributed by atoms with Crippen LogP contribution in [0.15, 0.2) is 60.7 Å². The SMILES string of the molecule is O=P(c1ccccc1)(c1ccccc1)[C-]1SCCCS1.[Li+]. The zero-order valence-corrected chi connectivity index (χ0v) is 14.6. The second-order valence-corrected chi connectivity index (χ2v) is 10.4. The van der Waals surface area contributed by atoms with Gasteiger partial charge in [0.25, 0.3) is 0 Å². The fourth-order valence-electron chi connectivity index (χ4n) is 2.24. The zero-order chi connectivity index (χ0) is 13.8. The van der Waals surface area contributed by atoms with E-state index >= 15 is 0 Å². The van der Waals surface area contributed by atoms with Crippen LogP contribution in [0.1, 0.15) is 6.42 Å². The molecule has 0 radical (unpaired) electrons. The predicted octanol–water partition coefficient (Wildman–Crippen LogP) is 1.32. The molecule has 0 aliphatic carbocycles. The summed E-state index contributed by atoms with van der Waals surface area (Å²) in [6, 6.07) is 19.8. The molecule has 5 heteroatoms. The number of rotatable bonds is 3. The molecule has 0 unspecified atom stereocenters. The third-order valence-corrected chi connectivity index (χ3v) is 10.3. The molecule has 0 spiro atoms. The number of benzene rings is 2. The molecule has 1 nitrogen and oxygen atoms in total. The Bertz CT molecular complexity index is 557. The standard InChI is InChI=1S/C16H16OPS2.Li/c17-18(14-8-3-1-4-9-14,15-10-5-2-6-11-15)16-19-12-7-13-20-16;/h1-6,8-11H,7,12-13H2;/q-1;+1. The third-order valence-electron chi connectivity index (χ3n) is 3.24. The Balaban J connectivity index is 0.00000161. The van der Waals surface area contributed by atoms with Crippen molar-refractivity contribution in [1.82, 2.24) is 0 Å². The van der Waals surface area contributed by atoms with E-state index in [-0.39, 0.29) is 18.9 Å². The maximum Gasteiger partial charge on any atom is 1.00 e. The molecule has 0 bridgehead atoms. The molecule has 1 aliphatic heterocycles. The van der Waals surface area contributed by atoms with Gasteiger partial charge in [-0.05, 0) is 28.5 Å². The van der Waals surface area contributed by atoms with Crippen LogP contribution in [0.5, 0.6) is 0 Å². The van der Waals surface area contributed by atoms with Crippen LogP contribution in [0.3, 0.4) is 0 Å². The monoisotopic (exact) mass is 326 g/mol. The van der Waals surface area contributed by atoms with Gasteiger partial charge >= 0.3 is 18.9 Å². The average Bonchev–Trinajstić information content (AvgIpc) is 2.56. The van der Waals surface area contributed by atoms with Crippen molar-refractivity contribution in [1.29, 1.82) is 0 Å². The van der Waals surface area contributed by atoms with Gasteiger partial charge in [0.15, 0.2) is 0 Å². The van der Waals surface area contributed by atoms with E-state index < -0.39 is 7.14 Å². The van der Waals surface area contributed by atoms with E-state index in [0.717, 1.165) is 26.4 Å². The molecule has 0 saturated carbocycles. The molecule has 2 aromatic carbocycles. The summed E-state index contributed by atoms with van der Waals surface area (Å²) in [5.41, 5.74) is 0. The average molecular weight is 326 g/mol. The quantitative estimate of drug-likeness (QED) is 0.481. The first-order valence-electron chi connectivity index (χ1n) is 6.66. The molecule has 1 heterocycles. The third kappa shape index (κ3) is 3.66. The summed E-state index contributed by atoms with van der Waals surface area (Å²) >= 11 is 3.55. The van der Waals surface area contributed by atoms with E-state index in [1.54, 1.807) is 23.5 Å². The first-order valence-corrected chi connectivity index (χ1v) is 10.3. The van der Waals surface area contributed by atoms with Gasteiger partial charge in [0.2, 0.25) is 0 Å². The first-order chi connectivity index (χ1) is 9.82. The van der Waals surface area contributed by atoms with Gasteiger partial charge < -0.3 is 28.1 Å². The summed E-state index contributed by atoms with van der Waals surface area (Å²) in [6.07, 6.45) is 1.20. The molecule has 1 saturated heterocycles. The van der Waals surface area contributed by atoms with Crippen molar-refractivity contribution < 1.29 is 23.4 Å². The van der Waals surface area contributed by atoms with Crippen LogP contribution in [0, 0.1) is 4.32 Å². The van der Waals surface area contributed by atoms with Crippen LogP contribution in [-0.2, 0) is 4.57 Å². The summed E-state index contributed by atoms with van der Waals surface area (Å²) in [7, 11) is -2.66. The maximum absolute atomic E-state index is 13.9. The van der Waals surface area contributed by atoms with Crippen molar-refractivity contribution in [2.45, 2.75) is 6.42 Å². The topological polar surface area (TPSA) is 17.1 Å². The fraction of sp³-hybridized carbons (Fsp3) is 0.188. The molecule has 0 N–H and O–H groups in total. The molecule has 2 aromatic rings. The van der Waals surface area contributed by atoms with Crippen LogP contribution in [0.2, 0.25) is 0 Å². The van der Waals surface area contributed by atoms with Gasteiger partial charge in [-0.15, -0.1) is 4.32 Å². The first kappa shape index (κ1) is 17.3. The van der Waals surface area contributed by atoms with E-state index in [4.69, 9.17) is 0 Å². The Morgan fingerprint density at radius 1 is 0.810 bits per heavy atom. The maximum atomic E-state index is 13.9. The van der Waals surface area contributed by atoms with Crippen LogP contribution in [0.4, 0.5) is 0 Å². The Kier molecular flexibility index (Phi) is 6.60. The fourth-order valence-corrected chi connectivity index (χ4v) is 9.35. The van der Waals surface area contributed by atoms with Crippen LogP contribution >= 0.6 is 30.7 Å². The van der Waals surface area contributed by atoms with E-state index in [2.05, 4.69) is 0 Å². The van der Waals surface area contributed by atoms with E-state index in [9.17, 15) is 4.57 Å². The van der Waals surface area contributed by atoms with Gasteiger partial charge in [-0.2, -0.15) is 0 Å². The largest absolute Gasteiger partial charge is 1.00 e. The molecule has 0 atom stereocenters. The molecule has 1 aliphatic rings. The van der Waals surface area contributed by atoms with Crippen molar-refractivity contribution in [3.63, 3.8) is 0 Å². The van der Waals surface area contributed by atoms with Gasteiger partial charge in [0, 0.05) is 7.14 Å². The van der Waals surface area contributed by atoms with Crippen LogP contribution in [-0.4, -0.2) is 11.5 Å². The summed E-state index contributed by atoms with van der Waals surface area (Å²) in [4.78, 5) is 0. The Morgan fingerprint density at radius 2 is 1.24 bits per heavy atom. The number of hydrogen-bond acceptors (Lipinski definition) is 3. The Labute approximate surface area is 147 Å². The Morgan fingerprint density at radius 3 is 1.67 bits per heavy atom. The Hall–Kier alpha value is -0.0326. The molecular weight excluding hydrogens is 310 g/mol. The number of hydrogen-bond donors (Lipinski definition) is 0. The minimum Gasteiger partial charge on any atom is -0.346 e. The molecule has 1 fully saturated rings. The van der Waals surface area contributed by atoms with Gasteiger partial charge in [-0.25, -0.2) is 0 Å². The zero-order valence-electron chi connectivity index (χ0n) is 12.1. The molecule has 0 amide bonds. The van der Waals surface area contributed by atoms with Crippen molar-refractivity contribution in [3.8, 4) is 0 Å². The molecule has 21 heavy (non-hydrogen) atoms. The van der Waals surface area contributed by atoms with Crippen molar-refractivity contribution in [2.75, 3.05) is 11.5 Å². The second-order valence-electron chi connectivity index (χ2n) is 4.60. The van der Waals surface area contributed by atoms with Crippen LogP contribution < -0.4 is 29.5 Å². The molecular formula is C16H16LiOPS2. The van der Waals surface area contributed by atoms with Crippen LogP contribution in [0.25, 0.3) is 0 Å². The molecule has 3 rings (SSSR count). The summed E-state index contributed by atoms with van der Waals surface area (Å²) < 4.78 is 15.0. The van der Waals surface area contributed by atoms with Gasteiger partial charge in [-0.3, -0.25) is 0 Å². The van der Waals surface area contributed by atoms with E-state index in [1.807, 2.05) is 60.7 Å². The minimum absolute atomic E-state index is 0. The summed E-state index contributed by atoms with van der Waals surface area (Å²) in [6.45, 7) is 0. The second kappa shape index (κ2) is 8.00. The van der Waals surface area contributed by atoms with Crippen molar-refractivity contribution in [3.05, 3.63) is 65.0 Å². The predicted molar refractivity (Wildman–Crippen MR) is 92.5 cm³/mol. The van der Waals surface area contributed by atoms with E-state index in [0.29, 0.717) is 0 Å². The molecule has 0 aromatic heterocycles. The normalized spacial score (nSPS) is 16.2.